The van der Waals surface area contributed by atoms with Crippen molar-refractivity contribution >= 4 is 23.1 Å². The van der Waals surface area contributed by atoms with Crippen LogP contribution in [0.5, 0.6) is 0 Å². The highest BCUT2D eigenvalue weighted by Crippen LogP contribution is 2.23. The Labute approximate surface area is 161 Å². The van der Waals surface area contributed by atoms with Crippen LogP contribution < -0.4 is 10.6 Å². The number of hydrogen-bond acceptors (Lipinski definition) is 6. The molecule has 3 N–H and O–H groups in total. The fourth-order valence-electron chi connectivity index (χ4n) is 2.73. The second kappa shape index (κ2) is 7.47. The fourth-order valence-corrected chi connectivity index (χ4v) is 2.73. The van der Waals surface area contributed by atoms with Gasteiger partial charge in [-0.2, -0.15) is 10.2 Å². The van der Waals surface area contributed by atoms with E-state index in [4.69, 9.17) is 0 Å². The lowest BCUT2D eigenvalue weighted by atomic mass is 10.1. The molecule has 0 aliphatic carbocycles. The molecule has 0 saturated heterocycles. The second-order valence-corrected chi connectivity index (χ2v) is 6.78. The van der Waals surface area contributed by atoms with Crippen LogP contribution in [0.4, 0.5) is 11.5 Å². The predicted octanol–water partition coefficient (Wildman–Crippen LogP) is 2.64. The van der Waals surface area contributed by atoms with Gasteiger partial charge in [0.1, 0.15) is 6.33 Å². The topological polar surface area (TPSA) is 113 Å². The summed E-state index contributed by atoms with van der Waals surface area (Å²) in [4.78, 5) is 20.9. The normalized spacial score (nSPS) is 11.1. The first-order valence-electron chi connectivity index (χ1n) is 8.95. The Morgan fingerprint density at radius 1 is 1.18 bits per heavy atom. The first kappa shape index (κ1) is 17.7. The van der Waals surface area contributed by atoms with E-state index < -0.39 is 0 Å². The first-order valence-corrected chi connectivity index (χ1v) is 8.95. The van der Waals surface area contributed by atoms with Crippen LogP contribution in [0.25, 0.3) is 16.9 Å². The Morgan fingerprint density at radius 2 is 2.00 bits per heavy atom. The minimum absolute atomic E-state index is 0.0808. The van der Waals surface area contributed by atoms with Crippen LogP contribution >= 0.6 is 0 Å². The number of hydrogen-bond donors (Lipinski definition) is 3. The summed E-state index contributed by atoms with van der Waals surface area (Å²) < 4.78 is 1.70. The number of aromatic nitrogens is 6. The molecule has 4 aromatic rings. The van der Waals surface area contributed by atoms with E-state index in [1.54, 1.807) is 35.2 Å². The lowest BCUT2D eigenvalue weighted by molar-refractivity contribution is 0.0949. The highest BCUT2D eigenvalue weighted by atomic mass is 16.1. The summed E-state index contributed by atoms with van der Waals surface area (Å²) in [6, 6.07) is 7.23. The molecule has 0 unspecified atom stereocenters. The third-order valence-electron chi connectivity index (χ3n) is 4.18. The van der Waals surface area contributed by atoms with E-state index >= 15 is 0 Å². The van der Waals surface area contributed by atoms with Crippen LogP contribution in [0.3, 0.4) is 0 Å². The quantitative estimate of drug-likeness (QED) is 0.477. The van der Waals surface area contributed by atoms with Gasteiger partial charge >= 0.3 is 0 Å². The zero-order valence-corrected chi connectivity index (χ0v) is 15.5. The molecule has 28 heavy (non-hydrogen) atoms. The second-order valence-electron chi connectivity index (χ2n) is 6.78. The molecule has 0 saturated carbocycles. The third kappa shape index (κ3) is 3.54. The monoisotopic (exact) mass is 376 g/mol. The maximum absolute atomic E-state index is 12.1. The number of H-pyrrole nitrogens is 1. The molecule has 0 aliphatic heterocycles. The van der Waals surface area contributed by atoms with Crippen molar-refractivity contribution in [2.24, 2.45) is 5.92 Å². The molecule has 9 heteroatoms. The molecule has 0 atom stereocenters. The van der Waals surface area contributed by atoms with E-state index in [0.717, 1.165) is 16.9 Å². The molecule has 0 spiro atoms. The zero-order valence-electron chi connectivity index (χ0n) is 15.5. The SMILES string of the molecule is CC(C)CNC(=O)c1ccc(Nc2ncc(-c3cn[nH]c3)n3ncnc23)cc1. The molecule has 3 heterocycles. The molecule has 0 aliphatic rings. The highest BCUT2D eigenvalue weighted by Gasteiger charge is 2.13. The molecule has 0 radical (unpaired) electrons. The van der Waals surface area contributed by atoms with E-state index in [9.17, 15) is 4.79 Å². The number of benzene rings is 1. The van der Waals surface area contributed by atoms with Crippen molar-refractivity contribution in [3.05, 3.63) is 54.7 Å². The Kier molecular flexibility index (Phi) is 4.71. The van der Waals surface area contributed by atoms with Gasteiger partial charge in [-0.15, -0.1) is 0 Å². The number of aromatic amines is 1. The van der Waals surface area contributed by atoms with Crippen molar-refractivity contribution in [1.82, 2.24) is 35.1 Å². The fraction of sp³-hybridized carbons (Fsp3) is 0.211. The standard InChI is InChI=1S/C19H20N8O/c1-12(2)7-21-19(28)13-3-5-15(6-4-13)26-17-18-22-11-25-27(18)16(10-20-17)14-8-23-24-9-14/h3-6,8-12H,7H2,1-2H3,(H,20,26)(H,21,28)(H,23,24). The number of fused-ring (bicyclic) bond motifs is 1. The number of amides is 1. The van der Waals surface area contributed by atoms with Crippen LogP contribution in [-0.2, 0) is 0 Å². The molecule has 3 aromatic heterocycles. The maximum Gasteiger partial charge on any atom is 0.251 e. The summed E-state index contributed by atoms with van der Waals surface area (Å²) in [6.45, 7) is 4.77. The van der Waals surface area contributed by atoms with Gasteiger partial charge in [0.2, 0.25) is 0 Å². The molecular weight excluding hydrogens is 356 g/mol. The van der Waals surface area contributed by atoms with Crippen molar-refractivity contribution in [3.63, 3.8) is 0 Å². The lowest BCUT2D eigenvalue weighted by Crippen LogP contribution is -2.27. The van der Waals surface area contributed by atoms with Gasteiger partial charge in [0.05, 0.1) is 18.1 Å². The van der Waals surface area contributed by atoms with Gasteiger partial charge in [-0.25, -0.2) is 14.5 Å². The minimum atomic E-state index is -0.0808. The van der Waals surface area contributed by atoms with Crippen molar-refractivity contribution < 1.29 is 4.79 Å². The van der Waals surface area contributed by atoms with E-state index in [0.29, 0.717) is 29.5 Å². The number of carbonyl (C=O) groups is 1. The van der Waals surface area contributed by atoms with Crippen LogP contribution in [0.1, 0.15) is 24.2 Å². The summed E-state index contributed by atoms with van der Waals surface area (Å²) in [5, 5.41) is 17.2. The van der Waals surface area contributed by atoms with E-state index in [1.165, 1.54) is 6.33 Å². The van der Waals surface area contributed by atoms with Gasteiger partial charge in [-0.1, -0.05) is 13.8 Å². The van der Waals surface area contributed by atoms with Gasteiger partial charge in [-0.3, -0.25) is 9.89 Å². The van der Waals surface area contributed by atoms with Crippen molar-refractivity contribution in [2.75, 3.05) is 11.9 Å². The van der Waals surface area contributed by atoms with Crippen LogP contribution in [0.15, 0.2) is 49.2 Å². The van der Waals surface area contributed by atoms with E-state index in [2.05, 4.69) is 49.7 Å². The van der Waals surface area contributed by atoms with Gasteiger partial charge in [-0.05, 0) is 30.2 Å². The predicted molar refractivity (Wildman–Crippen MR) is 105 cm³/mol. The van der Waals surface area contributed by atoms with Crippen molar-refractivity contribution in [1.29, 1.82) is 0 Å². The minimum Gasteiger partial charge on any atom is -0.352 e. The third-order valence-corrected chi connectivity index (χ3v) is 4.18. The van der Waals surface area contributed by atoms with Crippen LogP contribution in [0, 0.1) is 5.92 Å². The average molecular weight is 376 g/mol. The lowest BCUT2D eigenvalue weighted by Gasteiger charge is -2.10. The number of nitrogens with one attached hydrogen (secondary N) is 3. The molecule has 1 aromatic carbocycles. The maximum atomic E-state index is 12.1. The Bertz CT molecular complexity index is 1080. The van der Waals surface area contributed by atoms with Crippen LogP contribution in [-0.4, -0.2) is 42.2 Å². The largest absolute Gasteiger partial charge is 0.352 e. The molecule has 1 amide bonds. The highest BCUT2D eigenvalue weighted by molar-refractivity contribution is 5.94. The molecular formula is C19H20N8O. The van der Waals surface area contributed by atoms with Crippen LogP contribution in [0.2, 0.25) is 0 Å². The number of anilines is 2. The molecule has 9 nitrogen and oxygen atoms in total. The Balaban J connectivity index is 1.55. The molecule has 0 bridgehead atoms. The van der Waals surface area contributed by atoms with Gasteiger partial charge in [0, 0.05) is 29.6 Å². The Morgan fingerprint density at radius 3 is 2.71 bits per heavy atom. The number of nitrogens with zero attached hydrogens (tertiary/aromatic N) is 5. The van der Waals surface area contributed by atoms with E-state index in [1.807, 2.05) is 12.1 Å². The van der Waals surface area contributed by atoms with Crippen molar-refractivity contribution in [2.45, 2.75) is 13.8 Å². The Hall–Kier alpha value is -3.75. The van der Waals surface area contributed by atoms with Gasteiger partial charge in [0.25, 0.3) is 5.91 Å². The van der Waals surface area contributed by atoms with Gasteiger partial charge in [0.15, 0.2) is 11.5 Å². The summed E-state index contributed by atoms with van der Waals surface area (Å²) in [5.41, 5.74) is 3.66. The van der Waals surface area contributed by atoms with Crippen molar-refractivity contribution in [3.8, 4) is 11.3 Å². The smallest absolute Gasteiger partial charge is 0.251 e. The zero-order chi connectivity index (χ0) is 19.5. The molecule has 142 valence electrons. The number of carbonyl (C=O) groups excluding carboxylic acids is 1. The summed E-state index contributed by atoms with van der Waals surface area (Å²) in [5.74, 6) is 0.899. The molecule has 0 fully saturated rings. The van der Waals surface area contributed by atoms with E-state index in [-0.39, 0.29) is 5.91 Å². The summed E-state index contributed by atoms with van der Waals surface area (Å²) in [6.07, 6.45) is 6.67. The summed E-state index contributed by atoms with van der Waals surface area (Å²) >= 11 is 0. The molecule has 4 rings (SSSR count). The number of rotatable bonds is 6. The summed E-state index contributed by atoms with van der Waals surface area (Å²) in [7, 11) is 0. The average Bonchev–Trinajstić information content (AvgIpc) is 3.39. The van der Waals surface area contributed by atoms with Gasteiger partial charge < -0.3 is 10.6 Å². The first-order chi connectivity index (χ1) is 13.6.